The van der Waals surface area contributed by atoms with Crippen molar-refractivity contribution in [1.82, 2.24) is 0 Å². The molecule has 0 aliphatic rings. The van der Waals surface area contributed by atoms with Crippen molar-refractivity contribution < 1.29 is 4.79 Å². The van der Waals surface area contributed by atoms with E-state index in [1.807, 2.05) is 50.2 Å². The molecule has 0 aliphatic heterocycles. The van der Waals surface area contributed by atoms with Crippen LogP contribution in [-0.2, 0) is 4.79 Å². The molecule has 0 unspecified atom stereocenters. The SMILES string of the molecule is Cc1cc(C)c(NCC(=O)Nc2ccccc2Br)c(Cl)c1. The number of nitrogens with one attached hydrogen (secondary N) is 2. The van der Waals surface area contributed by atoms with Gasteiger partial charge < -0.3 is 10.6 Å². The molecule has 0 radical (unpaired) electrons. The van der Waals surface area contributed by atoms with Gasteiger partial charge in [-0.05, 0) is 59.1 Å². The van der Waals surface area contributed by atoms with Crippen molar-refractivity contribution in [2.24, 2.45) is 0 Å². The van der Waals surface area contributed by atoms with Gasteiger partial charge in [-0.1, -0.05) is 29.8 Å². The van der Waals surface area contributed by atoms with Crippen LogP contribution in [0.15, 0.2) is 40.9 Å². The number of halogens is 2. The third-order valence-corrected chi connectivity index (χ3v) is 3.99. The number of carbonyl (C=O) groups is 1. The number of benzene rings is 2. The first-order valence-electron chi connectivity index (χ1n) is 6.52. The van der Waals surface area contributed by atoms with Crippen molar-refractivity contribution in [3.05, 3.63) is 57.0 Å². The summed E-state index contributed by atoms with van der Waals surface area (Å²) in [6.45, 7) is 4.11. The van der Waals surface area contributed by atoms with E-state index in [4.69, 9.17) is 11.6 Å². The lowest BCUT2D eigenvalue weighted by molar-refractivity contribution is -0.114. The molecule has 21 heavy (non-hydrogen) atoms. The maximum absolute atomic E-state index is 12.0. The van der Waals surface area contributed by atoms with Crippen molar-refractivity contribution in [3.8, 4) is 0 Å². The van der Waals surface area contributed by atoms with Crippen molar-refractivity contribution in [2.45, 2.75) is 13.8 Å². The Bertz CT molecular complexity index is 650. The summed E-state index contributed by atoms with van der Waals surface area (Å²) < 4.78 is 0.850. The van der Waals surface area contributed by atoms with E-state index in [2.05, 4.69) is 26.6 Å². The summed E-state index contributed by atoms with van der Waals surface area (Å²) in [5.74, 6) is -0.127. The first-order valence-corrected chi connectivity index (χ1v) is 7.69. The zero-order valence-corrected chi connectivity index (χ0v) is 14.2. The molecule has 0 atom stereocenters. The second-order valence-corrected chi connectivity index (χ2v) is 6.08. The lowest BCUT2D eigenvalue weighted by Crippen LogP contribution is -2.22. The Morgan fingerprint density at radius 2 is 1.95 bits per heavy atom. The molecule has 0 saturated heterocycles. The van der Waals surface area contributed by atoms with Crippen LogP contribution in [0.25, 0.3) is 0 Å². The number of rotatable bonds is 4. The first-order chi connectivity index (χ1) is 9.97. The molecule has 0 aliphatic carbocycles. The molecule has 0 aromatic heterocycles. The van der Waals surface area contributed by atoms with Crippen LogP contribution in [0.4, 0.5) is 11.4 Å². The number of amides is 1. The Balaban J connectivity index is 2.01. The van der Waals surface area contributed by atoms with Crippen LogP contribution < -0.4 is 10.6 Å². The normalized spacial score (nSPS) is 10.3. The summed E-state index contributed by atoms with van der Waals surface area (Å²) >= 11 is 9.60. The van der Waals surface area contributed by atoms with Gasteiger partial charge in [0.25, 0.3) is 0 Å². The monoisotopic (exact) mass is 366 g/mol. The van der Waals surface area contributed by atoms with E-state index in [9.17, 15) is 4.79 Å². The maximum Gasteiger partial charge on any atom is 0.243 e. The van der Waals surface area contributed by atoms with Crippen molar-refractivity contribution >= 4 is 44.8 Å². The molecule has 0 fully saturated rings. The predicted octanol–water partition coefficient (Wildman–Crippen LogP) is 4.77. The Kier molecular flexibility index (Phi) is 5.26. The van der Waals surface area contributed by atoms with Gasteiger partial charge in [0.2, 0.25) is 5.91 Å². The fourth-order valence-electron chi connectivity index (χ4n) is 2.07. The summed E-state index contributed by atoms with van der Waals surface area (Å²) in [4.78, 5) is 12.0. The van der Waals surface area contributed by atoms with E-state index in [0.29, 0.717) is 5.02 Å². The molecule has 3 nitrogen and oxygen atoms in total. The van der Waals surface area contributed by atoms with Crippen LogP contribution >= 0.6 is 27.5 Å². The molecule has 0 bridgehead atoms. The second-order valence-electron chi connectivity index (χ2n) is 4.82. The molecule has 5 heteroatoms. The number of aryl methyl sites for hydroxylation is 2. The molecule has 0 heterocycles. The van der Waals surface area contributed by atoms with Crippen LogP contribution in [0, 0.1) is 13.8 Å². The van der Waals surface area contributed by atoms with E-state index in [0.717, 1.165) is 27.0 Å². The minimum Gasteiger partial charge on any atom is -0.375 e. The van der Waals surface area contributed by atoms with Crippen molar-refractivity contribution in [2.75, 3.05) is 17.2 Å². The standard InChI is InChI=1S/C16H16BrClN2O/c1-10-7-11(2)16(13(18)8-10)19-9-15(21)20-14-6-4-3-5-12(14)17/h3-8,19H,9H2,1-2H3,(H,20,21). The summed E-state index contributed by atoms with van der Waals surface area (Å²) in [5, 5.41) is 6.55. The van der Waals surface area contributed by atoms with Gasteiger partial charge in [-0.3, -0.25) is 4.79 Å². The molecule has 1 amide bonds. The molecular weight excluding hydrogens is 352 g/mol. The first kappa shape index (κ1) is 15.9. The highest BCUT2D eigenvalue weighted by Gasteiger charge is 2.08. The quantitative estimate of drug-likeness (QED) is 0.817. The van der Waals surface area contributed by atoms with Crippen LogP contribution in [0.3, 0.4) is 0 Å². The number of anilines is 2. The van der Waals surface area contributed by atoms with E-state index >= 15 is 0 Å². The number of hydrogen-bond donors (Lipinski definition) is 2. The molecule has 2 N–H and O–H groups in total. The van der Waals surface area contributed by atoms with Gasteiger partial charge in [0.15, 0.2) is 0 Å². The van der Waals surface area contributed by atoms with Gasteiger partial charge in [0.1, 0.15) is 0 Å². The second kappa shape index (κ2) is 6.96. The smallest absolute Gasteiger partial charge is 0.243 e. The summed E-state index contributed by atoms with van der Waals surface area (Å²) in [6, 6.07) is 11.4. The molecule has 2 aromatic carbocycles. The lowest BCUT2D eigenvalue weighted by Gasteiger charge is -2.13. The highest BCUT2D eigenvalue weighted by atomic mass is 79.9. The van der Waals surface area contributed by atoms with Crippen LogP contribution in [0.5, 0.6) is 0 Å². The topological polar surface area (TPSA) is 41.1 Å². The average molecular weight is 368 g/mol. The molecule has 110 valence electrons. The van der Waals surface area contributed by atoms with E-state index in [-0.39, 0.29) is 12.5 Å². The molecule has 2 aromatic rings. The van der Waals surface area contributed by atoms with E-state index < -0.39 is 0 Å². The fourth-order valence-corrected chi connectivity index (χ4v) is 2.84. The molecular formula is C16H16BrClN2O. The predicted molar refractivity (Wildman–Crippen MR) is 92.2 cm³/mol. The van der Waals surface area contributed by atoms with Gasteiger partial charge in [-0.2, -0.15) is 0 Å². The summed E-state index contributed by atoms with van der Waals surface area (Å²) in [5.41, 5.74) is 3.66. The minimum absolute atomic E-state index is 0.127. The molecule has 0 spiro atoms. The third-order valence-electron chi connectivity index (χ3n) is 3.01. The van der Waals surface area contributed by atoms with Gasteiger partial charge in [-0.25, -0.2) is 0 Å². The maximum atomic E-state index is 12.0. The largest absolute Gasteiger partial charge is 0.375 e. The van der Waals surface area contributed by atoms with Gasteiger partial charge in [0, 0.05) is 4.47 Å². The fraction of sp³-hybridized carbons (Fsp3) is 0.188. The highest BCUT2D eigenvalue weighted by Crippen LogP contribution is 2.27. The Morgan fingerprint density at radius 3 is 2.62 bits per heavy atom. The third kappa shape index (κ3) is 4.22. The van der Waals surface area contributed by atoms with Crippen molar-refractivity contribution in [1.29, 1.82) is 0 Å². The minimum atomic E-state index is -0.127. The van der Waals surface area contributed by atoms with Crippen LogP contribution in [0.2, 0.25) is 5.02 Å². The van der Waals surface area contributed by atoms with E-state index in [1.165, 1.54) is 0 Å². The van der Waals surface area contributed by atoms with Gasteiger partial charge in [-0.15, -0.1) is 0 Å². The molecule has 2 rings (SSSR count). The number of hydrogen-bond acceptors (Lipinski definition) is 2. The van der Waals surface area contributed by atoms with Crippen molar-refractivity contribution in [3.63, 3.8) is 0 Å². The number of carbonyl (C=O) groups excluding carboxylic acids is 1. The van der Waals surface area contributed by atoms with Crippen LogP contribution in [0.1, 0.15) is 11.1 Å². The number of para-hydroxylation sites is 1. The van der Waals surface area contributed by atoms with Crippen LogP contribution in [-0.4, -0.2) is 12.5 Å². The lowest BCUT2D eigenvalue weighted by atomic mass is 10.1. The van der Waals surface area contributed by atoms with Gasteiger partial charge in [0.05, 0.1) is 22.9 Å². The Hall–Kier alpha value is -1.52. The zero-order valence-electron chi connectivity index (χ0n) is 11.8. The zero-order chi connectivity index (χ0) is 15.4. The van der Waals surface area contributed by atoms with Gasteiger partial charge >= 0.3 is 0 Å². The highest BCUT2D eigenvalue weighted by molar-refractivity contribution is 9.10. The Morgan fingerprint density at radius 1 is 1.24 bits per heavy atom. The van der Waals surface area contributed by atoms with E-state index in [1.54, 1.807) is 0 Å². The average Bonchev–Trinajstić information content (AvgIpc) is 2.40. The summed E-state index contributed by atoms with van der Waals surface area (Å²) in [6.07, 6.45) is 0. The molecule has 0 saturated carbocycles. The summed E-state index contributed by atoms with van der Waals surface area (Å²) in [7, 11) is 0. The Labute approximate surface area is 137 Å².